The maximum atomic E-state index is 13.8. The number of nitrogens with zero attached hydrogens (tertiary/aromatic N) is 2. The highest BCUT2D eigenvalue weighted by molar-refractivity contribution is 7.22. The molecule has 46 heavy (non-hydrogen) atoms. The van der Waals surface area contributed by atoms with E-state index in [9.17, 15) is 14.7 Å². The lowest BCUT2D eigenvalue weighted by atomic mass is 9.94. The van der Waals surface area contributed by atoms with E-state index >= 15 is 0 Å². The summed E-state index contributed by atoms with van der Waals surface area (Å²) in [6, 6.07) is 24.6. The highest BCUT2D eigenvalue weighted by atomic mass is 35.5. The molecule has 0 spiro atoms. The molecule has 2 atom stereocenters. The molecule has 10 heteroatoms. The van der Waals surface area contributed by atoms with Crippen LogP contribution in [0.1, 0.15) is 42.1 Å². The van der Waals surface area contributed by atoms with Gasteiger partial charge in [-0.3, -0.25) is 14.5 Å². The van der Waals surface area contributed by atoms with Gasteiger partial charge in [-0.15, -0.1) is 0 Å². The first-order valence-corrected chi connectivity index (χ1v) is 16.1. The Bertz CT molecular complexity index is 2020. The lowest BCUT2D eigenvalue weighted by molar-refractivity contribution is -0.132. The average molecular weight is 653 g/mol. The molecule has 4 aromatic carbocycles. The number of amides is 1. The van der Waals surface area contributed by atoms with Crippen LogP contribution in [0.4, 0.5) is 5.13 Å². The van der Waals surface area contributed by atoms with Crippen LogP contribution in [0, 0.1) is 0 Å². The van der Waals surface area contributed by atoms with Crippen molar-refractivity contribution >= 4 is 55.7 Å². The van der Waals surface area contributed by atoms with E-state index in [0.717, 1.165) is 21.6 Å². The molecule has 0 saturated carbocycles. The second-order valence-corrected chi connectivity index (χ2v) is 12.6. The quantitative estimate of drug-likeness (QED) is 0.103. The van der Waals surface area contributed by atoms with Crippen LogP contribution in [0.25, 0.3) is 16.0 Å². The average Bonchev–Trinajstić information content (AvgIpc) is 3.72. The SMILES string of the molecule is CCOc1cc([C@@H]2/C(=C(\O)c3ccc4c(c3)C[C@H](C)O4)C(=O)C(=O)N2c2nc3ccc(Cl)cc3s2)ccc1OCc1ccccc1. The Morgan fingerprint density at radius 3 is 2.65 bits per heavy atom. The number of anilines is 1. The van der Waals surface area contributed by atoms with Crippen molar-refractivity contribution in [3.63, 3.8) is 0 Å². The number of ether oxygens (including phenoxy) is 3. The first kappa shape index (κ1) is 29.8. The van der Waals surface area contributed by atoms with E-state index < -0.39 is 17.7 Å². The number of rotatable bonds is 8. The summed E-state index contributed by atoms with van der Waals surface area (Å²) in [7, 11) is 0. The van der Waals surface area contributed by atoms with Crippen LogP contribution in [0.3, 0.4) is 0 Å². The van der Waals surface area contributed by atoms with Gasteiger partial charge in [-0.1, -0.05) is 59.3 Å². The molecule has 1 fully saturated rings. The third-order valence-corrected chi connectivity index (χ3v) is 9.23. The van der Waals surface area contributed by atoms with Gasteiger partial charge in [0.15, 0.2) is 16.6 Å². The second kappa shape index (κ2) is 12.2. The van der Waals surface area contributed by atoms with E-state index in [1.807, 2.05) is 50.2 Å². The number of carbonyl (C=O) groups is 2. The smallest absolute Gasteiger partial charge is 0.301 e. The van der Waals surface area contributed by atoms with Crippen LogP contribution < -0.4 is 19.1 Å². The van der Waals surface area contributed by atoms with Crippen molar-refractivity contribution in [1.29, 1.82) is 0 Å². The first-order valence-electron chi connectivity index (χ1n) is 14.9. The van der Waals surface area contributed by atoms with Gasteiger partial charge in [-0.2, -0.15) is 0 Å². The second-order valence-electron chi connectivity index (χ2n) is 11.1. The van der Waals surface area contributed by atoms with E-state index in [0.29, 0.717) is 57.9 Å². The fourth-order valence-corrected chi connectivity index (χ4v) is 7.15. The molecule has 0 radical (unpaired) electrons. The Morgan fingerprint density at radius 1 is 1.02 bits per heavy atom. The largest absolute Gasteiger partial charge is 0.507 e. The zero-order chi connectivity index (χ0) is 31.9. The summed E-state index contributed by atoms with van der Waals surface area (Å²) in [5, 5.41) is 12.6. The number of carbonyl (C=O) groups excluding carboxylic acids is 2. The van der Waals surface area contributed by atoms with Gasteiger partial charge in [0, 0.05) is 17.0 Å². The van der Waals surface area contributed by atoms with E-state index in [2.05, 4.69) is 0 Å². The van der Waals surface area contributed by atoms with Gasteiger partial charge in [0.05, 0.1) is 28.4 Å². The fourth-order valence-electron chi connectivity index (χ4n) is 5.88. The van der Waals surface area contributed by atoms with Crippen LogP contribution in [0.15, 0.2) is 90.5 Å². The van der Waals surface area contributed by atoms with Gasteiger partial charge < -0.3 is 19.3 Å². The molecule has 0 bridgehead atoms. The molecular weight excluding hydrogens is 624 g/mol. The van der Waals surface area contributed by atoms with Gasteiger partial charge in [0.25, 0.3) is 5.78 Å². The first-order chi connectivity index (χ1) is 22.3. The molecule has 1 amide bonds. The monoisotopic (exact) mass is 652 g/mol. The predicted molar refractivity (Wildman–Crippen MR) is 178 cm³/mol. The molecule has 2 aliphatic heterocycles. The van der Waals surface area contributed by atoms with E-state index in [1.165, 1.54) is 16.2 Å². The number of hydrogen-bond donors (Lipinski definition) is 1. The number of benzene rings is 4. The van der Waals surface area contributed by atoms with Crippen molar-refractivity contribution in [2.24, 2.45) is 0 Å². The standard InChI is InChI=1S/C36H29ClN2O6S/c1-3-43-29-17-22(9-14-28(29)44-19-21-7-5-4-6-8-21)32-31(33(40)23-10-13-27-24(16-23)15-20(2)45-27)34(41)35(42)39(32)36-38-26-12-11-25(37)18-30(26)46-36/h4-14,16-18,20,32,40H,3,15,19H2,1-2H3/b33-31+/t20-,32+/m0/s1. The van der Waals surface area contributed by atoms with Gasteiger partial charge in [0.1, 0.15) is 24.2 Å². The van der Waals surface area contributed by atoms with Crippen LogP contribution >= 0.6 is 22.9 Å². The Balaban J connectivity index is 1.36. The predicted octanol–water partition coefficient (Wildman–Crippen LogP) is 7.88. The number of hydrogen-bond acceptors (Lipinski definition) is 8. The van der Waals surface area contributed by atoms with E-state index in [1.54, 1.807) is 48.5 Å². The third-order valence-electron chi connectivity index (χ3n) is 7.98. The number of aliphatic hydroxyl groups excluding tert-OH is 1. The van der Waals surface area contributed by atoms with Gasteiger partial charge >= 0.3 is 5.91 Å². The number of fused-ring (bicyclic) bond motifs is 2. The van der Waals surface area contributed by atoms with Crippen LogP contribution in [0.2, 0.25) is 5.02 Å². The molecule has 5 aromatic rings. The minimum absolute atomic E-state index is 0.00475. The normalized spacial score (nSPS) is 18.5. The summed E-state index contributed by atoms with van der Waals surface area (Å²) in [6.45, 7) is 4.52. The molecule has 232 valence electrons. The molecule has 2 aliphatic rings. The Kier molecular flexibility index (Phi) is 7.88. The lowest BCUT2D eigenvalue weighted by Crippen LogP contribution is -2.29. The van der Waals surface area contributed by atoms with Crippen molar-refractivity contribution in [1.82, 2.24) is 4.98 Å². The van der Waals surface area contributed by atoms with Crippen molar-refractivity contribution in [2.45, 2.75) is 39.0 Å². The molecule has 8 nitrogen and oxygen atoms in total. The number of ketones is 1. The molecular formula is C36H29ClN2O6S. The number of aliphatic hydroxyl groups is 1. The van der Waals surface area contributed by atoms with E-state index in [-0.39, 0.29) is 17.4 Å². The summed E-state index contributed by atoms with van der Waals surface area (Å²) in [4.78, 5) is 33.7. The van der Waals surface area contributed by atoms with Crippen LogP contribution in [-0.2, 0) is 22.6 Å². The molecule has 7 rings (SSSR count). The number of Topliss-reactive ketones (excluding diaryl/α,β-unsaturated/α-hetero) is 1. The summed E-state index contributed by atoms with van der Waals surface area (Å²) in [6.07, 6.45) is 0.676. The summed E-state index contributed by atoms with van der Waals surface area (Å²) in [5.41, 5.74) is 3.47. The van der Waals surface area contributed by atoms with Crippen molar-refractivity contribution < 1.29 is 28.9 Å². The summed E-state index contributed by atoms with van der Waals surface area (Å²) in [5.74, 6) is -0.194. The van der Waals surface area contributed by atoms with Crippen molar-refractivity contribution in [3.8, 4) is 17.2 Å². The highest BCUT2D eigenvalue weighted by Gasteiger charge is 2.48. The number of halogens is 1. The minimum Gasteiger partial charge on any atom is -0.507 e. The van der Waals surface area contributed by atoms with Crippen LogP contribution in [-0.4, -0.2) is 34.5 Å². The molecule has 1 N–H and O–H groups in total. The zero-order valence-electron chi connectivity index (χ0n) is 25.0. The van der Waals surface area contributed by atoms with Gasteiger partial charge in [-0.25, -0.2) is 4.98 Å². The summed E-state index contributed by atoms with van der Waals surface area (Å²) >= 11 is 7.48. The van der Waals surface area contributed by atoms with E-state index in [4.69, 9.17) is 30.8 Å². The van der Waals surface area contributed by atoms with Crippen molar-refractivity contribution in [2.75, 3.05) is 11.5 Å². The Labute approximate surface area is 274 Å². The molecule has 1 aromatic heterocycles. The number of aromatic nitrogens is 1. The minimum atomic E-state index is -0.998. The molecule has 0 unspecified atom stereocenters. The lowest BCUT2D eigenvalue weighted by Gasteiger charge is -2.24. The Hall–Kier alpha value is -4.86. The summed E-state index contributed by atoms with van der Waals surface area (Å²) < 4.78 is 18.7. The highest BCUT2D eigenvalue weighted by Crippen LogP contribution is 2.46. The van der Waals surface area contributed by atoms with Crippen LogP contribution in [0.5, 0.6) is 17.2 Å². The van der Waals surface area contributed by atoms with Gasteiger partial charge in [0.2, 0.25) is 0 Å². The fraction of sp³-hybridized carbons (Fsp3) is 0.194. The molecule has 0 aliphatic carbocycles. The maximum absolute atomic E-state index is 13.8. The maximum Gasteiger partial charge on any atom is 0.301 e. The topological polar surface area (TPSA) is 98.2 Å². The Morgan fingerprint density at radius 2 is 1.85 bits per heavy atom. The van der Waals surface area contributed by atoms with Crippen molar-refractivity contribution in [3.05, 3.63) is 118 Å². The molecule has 3 heterocycles. The number of thiazole rings is 1. The molecule has 1 saturated heterocycles. The zero-order valence-corrected chi connectivity index (χ0v) is 26.6. The van der Waals surface area contributed by atoms with Gasteiger partial charge in [-0.05, 0) is 79.1 Å². The third kappa shape index (κ3) is 5.46.